The van der Waals surface area contributed by atoms with Gasteiger partial charge >= 0.3 is 18.5 Å². The number of hydrogen-bond donors (Lipinski definition) is 3. The number of aromatic nitrogens is 2. The molecular weight excluding hydrogens is 787 g/mol. The number of rotatable bonds is 20. The molecule has 0 atom stereocenters. The lowest BCUT2D eigenvalue weighted by molar-refractivity contribution is -0.143. The van der Waals surface area contributed by atoms with Gasteiger partial charge in [-0.05, 0) is 65.2 Å². The second kappa shape index (κ2) is 20.1. The van der Waals surface area contributed by atoms with Gasteiger partial charge in [-0.3, -0.25) is 9.89 Å². The Balaban J connectivity index is 1.38. The highest BCUT2D eigenvalue weighted by Crippen LogP contribution is 2.47. The number of azide groups is 1. The first kappa shape index (κ1) is 44.2. The van der Waals surface area contributed by atoms with E-state index in [1.807, 2.05) is 0 Å². The third kappa shape index (κ3) is 13.6. The van der Waals surface area contributed by atoms with E-state index in [1.165, 1.54) is 24.3 Å². The van der Waals surface area contributed by atoms with Crippen LogP contribution in [0.5, 0.6) is 11.5 Å². The molecule has 3 N–H and O–H groups in total. The van der Waals surface area contributed by atoms with E-state index in [9.17, 15) is 49.4 Å². The van der Waals surface area contributed by atoms with Gasteiger partial charge in [0.25, 0.3) is 0 Å². The van der Waals surface area contributed by atoms with Crippen molar-refractivity contribution in [2.75, 3.05) is 64.7 Å². The summed E-state index contributed by atoms with van der Waals surface area (Å²) in [5.74, 6) is -1.91. The van der Waals surface area contributed by atoms with Crippen LogP contribution in [-0.2, 0) is 48.9 Å². The molecule has 0 aliphatic carbocycles. The summed E-state index contributed by atoms with van der Waals surface area (Å²) in [5, 5.41) is 22.4. The number of nitrogens with one attached hydrogen (secondary N) is 2. The summed E-state index contributed by atoms with van der Waals surface area (Å²) < 4.78 is 149. The van der Waals surface area contributed by atoms with Crippen molar-refractivity contribution in [1.82, 2.24) is 10.2 Å². The van der Waals surface area contributed by atoms with E-state index in [4.69, 9.17) is 29.2 Å². The quantitative estimate of drug-likeness (QED) is 0.0262. The van der Waals surface area contributed by atoms with E-state index in [2.05, 4.69) is 20.4 Å². The first-order chi connectivity index (χ1) is 27.0. The van der Waals surface area contributed by atoms with Gasteiger partial charge in [0.05, 0.1) is 68.6 Å². The van der Waals surface area contributed by atoms with E-state index in [-0.39, 0.29) is 52.3 Å². The van der Waals surface area contributed by atoms with E-state index >= 15 is 0 Å². The Morgan fingerprint density at radius 1 is 0.772 bits per heavy atom. The molecule has 0 fully saturated rings. The van der Waals surface area contributed by atoms with Crippen LogP contribution in [0.15, 0.2) is 65.8 Å². The van der Waals surface area contributed by atoms with Gasteiger partial charge in [0.1, 0.15) is 30.4 Å². The fourth-order valence-electron chi connectivity index (χ4n) is 4.90. The minimum Gasteiger partial charge on any atom is -0.506 e. The SMILES string of the molecule is [N-]=[N+]=NCCOCCOCCOCCOCC(=O)Nc1ccc(COc2ccc(-c3cc(C(F)(F)F)[nH]n3)c(O)c2-c2cc(C(F)(F)F)cc(C(F)(F)F)c2)cc1. The molecule has 1 heterocycles. The standard InChI is InChI=1S/C35H33F9N6O7/c36-33(37,38)23-15-22(16-24(17-23)34(39,40)41)31-28(6-5-26(32(31)52)27-18-29(49-48-27)35(42,43)44)57-19-21-1-3-25(4-2-21)47-30(51)20-56-14-13-55-12-11-54-10-9-53-8-7-46-50-45/h1-6,15-18,52H,7-14,19-20H2,(H,47,51)(H,48,49). The van der Waals surface area contributed by atoms with Gasteiger partial charge in [0.2, 0.25) is 5.91 Å². The summed E-state index contributed by atoms with van der Waals surface area (Å²) in [6, 6.07) is 9.11. The lowest BCUT2D eigenvalue weighted by Crippen LogP contribution is -2.20. The number of carbonyl (C=O) groups excluding carboxylic acids is 1. The van der Waals surface area contributed by atoms with Crippen molar-refractivity contribution in [3.05, 3.63) is 93.5 Å². The Hall–Kier alpha value is -5.54. The summed E-state index contributed by atoms with van der Waals surface area (Å²) in [4.78, 5) is 14.9. The molecule has 0 radical (unpaired) electrons. The second-order valence-corrected chi connectivity index (χ2v) is 11.7. The number of phenolic OH excluding ortho intramolecular Hbond substituents is 1. The van der Waals surface area contributed by atoms with Gasteiger partial charge in [-0.1, -0.05) is 17.2 Å². The average Bonchev–Trinajstić information content (AvgIpc) is 3.65. The zero-order chi connectivity index (χ0) is 41.6. The van der Waals surface area contributed by atoms with E-state index < -0.39 is 75.1 Å². The first-order valence-corrected chi connectivity index (χ1v) is 16.6. The highest BCUT2D eigenvalue weighted by Gasteiger charge is 2.38. The lowest BCUT2D eigenvalue weighted by Gasteiger charge is -2.19. The third-order valence-corrected chi connectivity index (χ3v) is 7.56. The van der Waals surface area contributed by atoms with E-state index in [0.29, 0.717) is 49.3 Å². The molecule has 0 bridgehead atoms. The van der Waals surface area contributed by atoms with Crippen LogP contribution in [0, 0.1) is 0 Å². The number of ether oxygens (including phenoxy) is 5. The van der Waals surface area contributed by atoms with Gasteiger partial charge in [0, 0.05) is 22.7 Å². The molecule has 4 rings (SSSR count). The normalized spacial score (nSPS) is 12.0. The van der Waals surface area contributed by atoms with Crippen LogP contribution >= 0.6 is 0 Å². The molecule has 308 valence electrons. The molecule has 0 aliphatic heterocycles. The van der Waals surface area contributed by atoms with Crippen molar-refractivity contribution in [3.63, 3.8) is 0 Å². The van der Waals surface area contributed by atoms with Crippen LogP contribution in [0.1, 0.15) is 22.4 Å². The van der Waals surface area contributed by atoms with Crippen molar-refractivity contribution in [3.8, 4) is 33.9 Å². The van der Waals surface area contributed by atoms with Crippen LogP contribution in [0.3, 0.4) is 0 Å². The number of alkyl halides is 9. The van der Waals surface area contributed by atoms with Crippen LogP contribution in [0.4, 0.5) is 45.2 Å². The number of phenols is 1. The number of carbonyl (C=O) groups is 1. The fraction of sp³-hybridized carbons (Fsp3) is 0.371. The number of hydrogen-bond acceptors (Lipinski definition) is 9. The Morgan fingerprint density at radius 3 is 1.89 bits per heavy atom. The lowest BCUT2D eigenvalue weighted by atomic mass is 9.95. The number of benzene rings is 3. The van der Waals surface area contributed by atoms with E-state index in [1.54, 1.807) is 5.10 Å². The molecule has 1 aromatic heterocycles. The van der Waals surface area contributed by atoms with Crippen LogP contribution in [0.2, 0.25) is 0 Å². The maximum atomic E-state index is 13.7. The third-order valence-electron chi connectivity index (χ3n) is 7.56. The van der Waals surface area contributed by atoms with Crippen molar-refractivity contribution >= 4 is 11.6 Å². The Bertz CT molecular complexity index is 1950. The van der Waals surface area contributed by atoms with Crippen molar-refractivity contribution < 1.29 is 73.1 Å². The van der Waals surface area contributed by atoms with Crippen LogP contribution < -0.4 is 10.1 Å². The molecule has 4 aromatic rings. The molecule has 0 saturated heterocycles. The molecule has 3 aromatic carbocycles. The second-order valence-electron chi connectivity index (χ2n) is 11.7. The minimum absolute atomic E-state index is 0.110. The highest BCUT2D eigenvalue weighted by molar-refractivity contribution is 5.91. The molecule has 1 amide bonds. The number of halogens is 9. The minimum atomic E-state index is -5.25. The molecule has 22 heteroatoms. The summed E-state index contributed by atoms with van der Waals surface area (Å²) in [5.41, 5.74) is 1.74. The summed E-state index contributed by atoms with van der Waals surface area (Å²) in [6.45, 7) is 1.40. The Kier molecular flexibility index (Phi) is 15.5. The van der Waals surface area contributed by atoms with Gasteiger partial charge in [-0.15, -0.1) is 0 Å². The predicted molar refractivity (Wildman–Crippen MR) is 183 cm³/mol. The van der Waals surface area contributed by atoms with Gasteiger partial charge in [0.15, 0.2) is 0 Å². The molecular formula is C35H33F9N6O7. The Morgan fingerprint density at radius 2 is 1.35 bits per heavy atom. The molecule has 0 aliphatic rings. The van der Waals surface area contributed by atoms with Crippen LogP contribution in [-0.4, -0.2) is 80.6 Å². The summed E-state index contributed by atoms with van der Waals surface area (Å²) in [6.07, 6.45) is -15.4. The first-order valence-electron chi connectivity index (χ1n) is 16.6. The topological polar surface area (TPSA) is 173 Å². The largest absolute Gasteiger partial charge is 0.506 e. The number of nitrogens with zero attached hydrogens (tertiary/aromatic N) is 4. The molecule has 57 heavy (non-hydrogen) atoms. The van der Waals surface area contributed by atoms with E-state index in [0.717, 1.165) is 12.1 Å². The van der Waals surface area contributed by atoms with Crippen molar-refractivity contribution in [1.29, 1.82) is 0 Å². The number of anilines is 1. The monoisotopic (exact) mass is 820 g/mol. The van der Waals surface area contributed by atoms with Crippen molar-refractivity contribution in [2.24, 2.45) is 5.11 Å². The predicted octanol–water partition coefficient (Wildman–Crippen LogP) is 8.40. The maximum absolute atomic E-state index is 13.7. The highest BCUT2D eigenvalue weighted by atomic mass is 19.4. The van der Waals surface area contributed by atoms with Gasteiger partial charge in [-0.2, -0.15) is 44.6 Å². The molecule has 0 spiro atoms. The fourth-order valence-corrected chi connectivity index (χ4v) is 4.90. The van der Waals surface area contributed by atoms with Crippen LogP contribution in [0.25, 0.3) is 32.8 Å². The summed E-state index contributed by atoms with van der Waals surface area (Å²) >= 11 is 0. The molecule has 0 saturated carbocycles. The van der Waals surface area contributed by atoms with Gasteiger partial charge < -0.3 is 34.1 Å². The summed E-state index contributed by atoms with van der Waals surface area (Å²) in [7, 11) is 0. The molecule has 13 nitrogen and oxygen atoms in total. The zero-order valence-corrected chi connectivity index (χ0v) is 29.4. The number of aromatic amines is 1. The number of amides is 1. The van der Waals surface area contributed by atoms with Crippen molar-refractivity contribution in [2.45, 2.75) is 25.1 Å². The molecule has 0 unspecified atom stereocenters. The maximum Gasteiger partial charge on any atom is 0.432 e. The Labute approximate surface area is 317 Å². The number of H-pyrrole nitrogens is 1. The van der Waals surface area contributed by atoms with Gasteiger partial charge in [-0.25, -0.2) is 0 Å². The number of aromatic hydroxyl groups is 1. The smallest absolute Gasteiger partial charge is 0.432 e. The zero-order valence-electron chi connectivity index (χ0n) is 29.4. The average molecular weight is 821 g/mol.